The molecular formula is C28H28N2O5S. The molecule has 0 saturated heterocycles. The summed E-state index contributed by atoms with van der Waals surface area (Å²) in [7, 11) is 1.58. The maximum atomic E-state index is 13.8. The number of methoxy groups -OCH3 is 1. The first kappa shape index (κ1) is 24.1. The zero-order valence-corrected chi connectivity index (χ0v) is 21.8. The van der Waals surface area contributed by atoms with Crippen molar-refractivity contribution in [1.29, 1.82) is 0 Å². The highest BCUT2D eigenvalue weighted by molar-refractivity contribution is 7.15. The molecule has 0 aliphatic carbocycles. The van der Waals surface area contributed by atoms with Crippen molar-refractivity contribution in [2.45, 2.75) is 46.6 Å². The summed E-state index contributed by atoms with van der Waals surface area (Å²) in [5.41, 5.74) is 2.98. The second kappa shape index (κ2) is 9.43. The van der Waals surface area contributed by atoms with Crippen molar-refractivity contribution in [1.82, 2.24) is 4.98 Å². The van der Waals surface area contributed by atoms with Crippen molar-refractivity contribution < 1.29 is 18.7 Å². The summed E-state index contributed by atoms with van der Waals surface area (Å²) >= 11 is 1.42. The summed E-state index contributed by atoms with van der Waals surface area (Å²) in [4.78, 5) is 34.8. The number of carbonyl (C=O) groups excluding carboxylic acids is 1. The van der Waals surface area contributed by atoms with Crippen molar-refractivity contribution in [2.75, 3.05) is 18.6 Å². The van der Waals surface area contributed by atoms with Crippen LogP contribution >= 0.6 is 11.3 Å². The van der Waals surface area contributed by atoms with Crippen molar-refractivity contribution >= 4 is 33.3 Å². The molecule has 1 atom stereocenters. The minimum atomic E-state index is -0.711. The van der Waals surface area contributed by atoms with E-state index in [0.29, 0.717) is 45.3 Å². The first-order chi connectivity index (χ1) is 17.3. The Labute approximate surface area is 213 Å². The van der Waals surface area contributed by atoms with Gasteiger partial charge < -0.3 is 13.9 Å². The summed E-state index contributed by atoms with van der Waals surface area (Å²) in [6.07, 6.45) is 1.95. The van der Waals surface area contributed by atoms with Gasteiger partial charge in [0.1, 0.15) is 5.58 Å². The molecule has 0 bridgehead atoms. The minimum absolute atomic E-state index is 0.0501. The number of thiazole rings is 1. The number of nitrogens with zero attached hydrogens (tertiary/aromatic N) is 2. The molecule has 1 amide bonds. The van der Waals surface area contributed by atoms with Gasteiger partial charge in [-0.3, -0.25) is 14.5 Å². The number of hydrogen-bond acceptors (Lipinski definition) is 7. The number of aromatic nitrogens is 1. The number of carbonyl (C=O) groups is 1. The number of fused-ring (bicyclic) bond motifs is 2. The fourth-order valence-electron chi connectivity index (χ4n) is 4.46. The molecule has 186 valence electrons. The van der Waals surface area contributed by atoms with Crippen LogP contribution in [0.3, 0.4) is 0 Å². The molecule has 0 N–H and O–H groups in total. The normalized spacial score (nSPS) is 15.0. The van der Waals surface area contributed by atoms with Gasteiger partial charge in [-0.25, -0.2) is 4.98 Å². The van der Waals surface area contributed by atoms with Gasteiger partial charge in [0.2, 0.25) is 5.76 Å². The Morgan fingerprint density at radius 3 is 2.58 bits per heavy atom. The van der Waals surface area contributed by atoms with E-state index in [1.807, 2.05) is 45.0 Å². The van der Waals surface area contributed by atoms with Crippen LogP contribution in [-0.2, 0) is 0 Å². The van der Waals surface area contributed by atoms with Crippen LogP contribution in [0.5, 0.6) is 11.5 Å². The van der Waals surface area contributed by atoms with Crippen LogP contribution in [0.15, 0.2) is 45.6 Å². The van der Waals surface area contributed by atoms with Gasteiger partial charge >= 0.3 is 0 Å². The monoisotopic (exact) mass is 504 g/mol. The molecule has 0 radical (unpaired) electrons. The van der Waals surface area contributed by atoms with E-state index >= 15 is 0 Å². The Kier molecular flexibility index (Phi) is 6.30. The summed E-state index contributed by atoms with van der Waals surface area (Å²) in [6.45, 7) is 8.47. The largest absolute Gasteiger partial charge is 0.493 e. The molecule has 5 rings (SSSR count). The maximum absolute atomic E-state index is 13.8. The highest BCUT2D eigenvalue weighted by Gasteiger charge is 2.45. The van der Waals surface area contributed by atoms with Crippen LogP contribution in [0.2, 0.25) is 0 Å². The SMILES string of the molecule is CCCCOc1ccc(C2c3c(oc4ccc(C)cc4c3=O)C(=O)N2c2nc(C)c(C)s2)cc1OC. The fourth-order valence-corrected chi connectivity index (χ4v) is 5.39. The van der Waals surface area contributed by atoms with Crippen LogP contribution in [0.25, 0.3) is 11.0 Å². The molecule has 8 heteroatoms. The molecule has 1 aliphatic rings. The molecule has 0 saturated carbocycles. The zero-order valence-electron chi connectivity index (χ0n) is 21.0. The van der Waals surface area contributed by atoms with Gasteiger partial charge in [0.05, 0.1) is 36.4 Å². The van der Waals surface area contributed by atoms with E-state index in [1.54, 1.807) is 24.1 Å². The molecule has 2 aromatic heterocycles. The second-order valence-corrected chi connectivity index (χ2v) is 10.2. The van der Waals surface area contributed by atoms with E-state index in [0.717, 1.165) is 29.0 Å². The molecule has 3 heterocycles. The molecule has 2 aromatic carbocycles. The summed E-state index contributed by atoms with van der Waals surface area (Å²) in [5.74, 6) is 0.824. The number of unbranched alkanes of at least 4 members (excludes halogenated alkanes) is 1. The molecule has 7 nitrogen and oxygen atoms in total. The lowest BCUT2D eigenvalue weighted by atomic mass is 9.98. The molecule has 4 aromatic rings. The lowest BCUT2D eigenvalue weighted by molar-refractivity contribution is 0.0971. The number of aryl methyl sites for hydroxylation is 3. The highest BCUT2D eigenvalue weighted by Crippen LogP contribution is 2.44. The molecule has 0 fully saturated rings. The predicted octanol–water partition coefficient (Wildman–Crippen LogP) is 6.11. The van der Waals surface area contributed by atoms with Crippen molar-refractivity contribution in [2.24, 2.45) is 0 Å². The van der Waals surface area contributed by atoms with Gasteiger partial charge in [-0.1, -0.05) is 31.0 Å². The van der Waals surface area contributed by atoms with E-state index in [9.17, 15) is 9.59 Å². The van der Waals surface area contributed by atoms with Crippen LogP contribution in [0.4, 0.5) is 5.13 Å². The molecular weight excluding hydrogens is 476 g/mol. The van der Waals surface area contributed by atoms with Gasteiger partial charge in [-0.15, -0.1) is 11.3 Å². The third kappa shape index (κ3) is 3.95. The van der Waals surface area contributed by atoms with E-state index < -0.39 is 6.04 Å². The number of hydrogen-bond donors (Lipinski definition) is 0. The Morgan fingerprint density at radius 1 is 1.08 bits per heavy atom. The number of benzene rings is 2. The molecule has 1 aliphatic heterocycles. The summed E-state index contributed by atoms with van der Waals surface area (Å²) in [6, 6.07) is 10.2. The van der Waals surface area contributed by atoms with E-state index in [2.05, 4.69) is 11.9 Å². The topological polar surface area (TPSA) is 81.9 Å². The van der Waals surface area contributed by atoms with Gasteiger partial charge in [-0.2, -0.15) is 0 Å². The fraction of sp³-hybridized carbons (Fsp3) is 0.321. The van der Waals surface area contributed by atoms with Crippen molar-refractivity contribution in [3.63, 3.8) is 0 Å². The third-order valence-corrected chi connectivity index (χ3v) is 7.58. The number of amides is 1. The third-order valence-electron chi connectivity index (χ3n) is 6.51. The average Bonchev–Trinajstić information content (AvgIpc) is 3.35. The van der Waals surface area contributed by atoms with Gasteiger partial charge in [-0.05, 0) is 57.0 Å². The lowest BCUT2D eigenvalue weighted by Gasteiger charge is -2.23. The zero-order chi connectivity index (χ0) is 25.6. The second-order valence-electron chi connectivity index (χ2n) is 9.00. The van der Waals surface area contributed by atoms with Gasteiger partial charge in [0, 0.05) is 4.88 Å². The molecule has 1 unspecified atom stereocenters. The van der Waals surface area contributed by atoms with Crippen LogP contribution in [0.1, 0.15) is 63.6 Å². The van der Waals surface area contributed by atoms with E-state index in [1.165, 1.54) is 11.3 Å². The number of anilines is 1. The Hall–Kier alpha value is -3.65. The van der Waals surface area contributed by atoms with Gasteiger partial charge in [0.15, 0.2) is 22.1 Å². The summed E-state index contributed by atoms with van der Waals surface area (Å²) < 4.78 is 17.6. The Bertz CT molecular complexity index is 1520. The van der Waals surface area contributed by atoms with Crippen LogP contribution < -0.4 is 19.8 Å². The number of ether oxygens (including phenoxy) is 2. The first-order valence-corrected chi connectivity index (χ1v) is 12.8. The van der Waals surface area contributed by atoms with Crippen LogP contribution in [0, 0.1) is 20.8 Å². The van der Waals surface area contributed by atoms with E-state index in [-0.39, 0.29) is 17.1 Å². The van der Waals surface area contributed by atoms with Gasteiger partial charge in [0.25, 0.3) is 5.91 Å². The minimum Gasteiger partial charge on any atom is -0.493 e. The quantitative estimate of drug-likeness (QED) is 0.282. The average molecular weight is 505 g/mol. The number of rotatable bonds is 7. The highest BCUT2D eigenvalue weighted by atomic mass is 32.1. The molecule has 0 spiro atoms. The van der Waals surface area contributed by atoms with Crippen molar-refractivity contribution in [3.8, 4) is 11.5 Å². The standard InChI is InChI=1S/C28H28N2O5S/c1-6-7-12-34-21-11-9-18(14-22(21)33-5)24-23-25(31)19-13-15(2)8-10-20(19)35-26(23)27(32)30(24)28-29-16(3)17(4)36-28/h8-11,13-14,24H,6-7,12H2,1-5H3. The Morgan fingerprint density at radius 2 is 1.89 bits per heavy atom. The maximum Gasteiger partial charge on any atom is 0.297 e. The first-order valence-electron chi connectivity index (χ1n) is 12.0. The molecule has 36 heavy (non-hydrogen) atoms. The lowest BCUT2D eigenvalue weighted by Crippen LogP contribution is -2.29. The Balaban J connectivity index is 1.72. The predicted molar refractivity (Wildman–Crippen MR) is 141 cm³/mol. The van der Waals surface area contributed by atoms with Crippen LogP contribution in [-0.4, -0.2) is 24.6 Å². The summed E-state index contributed by atoms with van der Waals surface area (Å²) in [5, 5.41) is 0.972. The smallest absolute Gasteiger partial charge is 0.297 e. The van der Waals surface area contributed by atoms with Crippen molar-refractivity contribution in [3.05, 3.63) is 79.6 Å². The van der Waals surface area contributed by atoms with E-state index in [4.69, 9.17) is 13.9 Å².